The molecule has 1 fully saturated rings. The molecule has 4 heteroatoms. The molecule has 1 heterocycles. The molecular weight excluding hydrogens is 350 g/mol. The highest BCUT2D eigenvalue weighted by Gasteiger charge is 2.41. The minimum absolute atomic E-state index is 0.204. The van der Waals surface area contributed by atoms with Crippen molar-refractivity contribution in [3.8, 4) is 0 Å². The summed E-state index contributed by atoms with van der Waals surface area (Å²) in [6.45, 7) is 0.299. The number of carbonyl (C=O) groups is 1. The summed E-state index contributed by atoms with van der Waals surface area (Å²) in [5, 5.41) is 1.34. The van der Waals surface area contributed by atoms with Crippen LogP contribution in [-0.4, -0.2) is 17.2 Å². The van der Waals surface area contributed by atoms with Crippen LogP contribution in [0.15, 0.2) is 97.1 Å². The van der Waals surface area contributed by atoms with Gasteiger partial charge in [-0.05, 0) is 22.8 Å². The molecule has 0 bridgehead atoms. The Labute approximate surface area is 164 Å². The highest BCUT2D eigenvalue weighted by atomic mass is 16.7. The Morgan fingerprint density at radius 3 is 2.14 bits per heavy atom. The summed E-state index contributed by atoms with van der Waals surface area (Å²) in [4.78, 5) is 18.9. The Morgan fingerprint density at radius 2 is 1.46 bits per heavy atom. The van der Waals surface area contributed by atoms with Crippen molar-refractivity contribution in [1.82, 2.24) is 5.06 Å². The van der Waals surface area contributed by atoms with Crippen LogP contribution in [0.2, 0.25) is 0 Å². The van der Waals surface area contributed by atoms with Crippen molar-refractivity contribution in [2.45, 2.75) is 18.9 Å². The summed E-state index contributed by atoms with van der Waals surface area (Å²) in [6, 6.07) is 29.2. The largest absolute Gasteiger partial charge is 0.334 e. The molecule has 0 radical (unpaired) electrons. The van der Waals surface area contributed by atoms with Gasteiger partial charge in [-0.1, -0.05) is 97.1 Å². The smallest absolute Gasteiger partial charge is 0.282 e. The first-order chi connectivity index (χ1) is 13.8. The number of rotatable bonds is 6. The molecule has 4 rings (SSSR count). The third kappa shape index (κ3) is 4.19. The zero-order chi connectivity index (χ0) is 19.2. The second-order valence-electron chi connectivity index (χ2n) is 6.51. The fraction of sp³-hybridized carbons (Fsp3) is 0.125. The summed E-state index contributed by atoms with van der Waals surface area (Å²) >= 11 is 0. The van der Waals surface area contributed by atoms with Gasteiger partial charge in [0.15, 0.2) is 12.3 Å². The molecule has 3 aromatic rings. The van der Waals surface area contributed by atoms with E-state index < -0.39 is 12.3 Å². The number of hydroxylamine groups is 2. The van der Waals surface area contributed by atoms with Gasteiger partial charge in [0.1, 0.15) is 6.61 Å². The van der Waals surface area contributed by atoms with E-state index in [2.05, 4.69) is 0 Å². The van der Waals surface area contributed by atoms with Crippen molar-refractivity contribution in [2.75, 3.05) is 0 Å². The highest BCUT2D eigenvalue weighted by Crippen LogP contribution is 2.31. The van der Waals surface area contributed by atoms with Gasteiger partial charge >= 0.3 is 0 Å². The second kappa shape index (κ2) is 8.65. The van der Waals surface area contributed by atoms with Crippen LogP contribution in [0.25, 0.3) is 6.08 Å². The van der Waals surface area contributed by atoms with Gasteiger partial charge in [-0.2, -0.15) is 5.06 Å². The van der Waals surface area contributed by atoms with Crippen LogP contribution >= 0.6 is 0 Å². The molecular formula is C24H21NO3. The predicted molar refractivity (Wildman–Crippen MR) is 108 cm³/mol. The Morgan fingerprint density at radius 1 is 0.857 bits per heavy atom. The van der Waals surface area contributed by atoms with E-state index in [-0.39, 0.29) is 5.91 Å². The second-order valence-corrected chi connectivity index (χ2v) is 6.51. The van der Waals surface area contributed by atoms with Crippen molar-refractivity contribution in [1.29, 1.82) is 0 Å². The maximum absolute atomic E-state index is 13.0. The van der Waals surface area contributed by atoms with Gasteiger partial charge in [0.25, 0.3) is 5.91 Å². The van der Waals surface area contributed by atoms with Crippen LogP contribution in [0.5, 0.6) is 0 Å². The van der Waals surface area contributed by atoms with E-state index in [1.54, 1.807) is 0 Å². The molecule has 1 saturated heterocycles. The van der Waals surface area contributed by atoms with Gasteiger partial charge < -0.3 is 4.74 Å². The number of nitrogens with zero attached hydrogens (tertiary/aromatic N) is 1. The van der Waals surface area contributed by atoms with Gasteiger partial charge in [-0.15, -0.1) is 0 Å². The normalized spacial score (nSPS) is 19.4. The molecule has 0 saturated carbocycles. The van der Waals surface area contributed by atoms with Crippen LogP contribution in [-0.2, 0) is 21.0 Å². The summed E-state index contributed by atoms with van der Waals surface area (Å²) < 4.78 is 6.05. The van der Waals surface area contributed by atoms with Gasteiger partial charge in [-0.3, -0.25) is 9.63 Å². The molecule has 28 heavy (non-hydrogen) atoms. The zero-order valence-corrected chi connectivity index (χ0v) is 15.3. The molecule has 140 valence electrons. The SMILES string of the molecule is O=C1C(c2ccccc2)OC(C=Cc2ccccc2)N1OCc1ccccc1. The number of benzene rings is 3. The summed E-state index contributed by atoms with van der Waals surface area (Å²) in [5.74, 6) is -0.204. The minimum atomic E-state index is -0.678. The maximum atomic E-state index is 13.0. The van der Waals surface area contributed by atoms with Crippen LogP contribution in [0.4, 0.5) is 0 Å². The summed E-state index contributed by atoms with van der Waals surface area (Å²) in [7, 11) is 0. The van der Waals surface area contributed by atoms with Crippen LogP contribution in [0, 0.1) is 0 Å². The van der Waals surface area contributed by atoms with Crippen molar-refractivity contribution >= 4 is 12.0 Å². The quantitative estimate of drug-likeness (QED) is 0.627. The monoisotopic (exact) mass is 371 g/mol. The lowest BCUT2D eigenvalue weighted by atomic mass is 10.1. The van der Waals surface area contributed by atoms with Gasteiger partial charge in [-0.25, -0.2) is 0 Å². The van der Waals surface area contributed by atoms with Crippen LogP contribution in [0.1, 0.15) is 22.8 Å². The number of hydrogen-bond acceptors (Lipinski definition) is 3. The molecule has 2 atom stereocenters. The number of amides is 1. The molecule has 3 aromatic carbocycles. The Kier molecular flexibility index (Phi) is 5.61. The van der Waals surface area contributed by atoms with E-state index in [1.807, 2.05) is 103 Å². The molecule has 1 amide bonds. The van der Waals surface area contributed by atoms with E-state index in [0.717, 1.165) is 16.7 Å². The third-order valence-electron chi connectivity index (χ3n) is 4.52. The topological polar surface area (TPSA) is 38.8 Å². The Balaban J connectivity index is 1.55. The molecule has 2 unspecified atom stereocenters. The van der Waals surface area contributed by atoms with Gasteiger partial charge in [0.2, 0.25) is 0 Å². The fourth-order valence-corrected chi connectivity index (χ4v) is 3.08. The first-order valence-corrected chi connectivity index (χ1v) is 9.25. The standard InChI is InChI=1S/C24H21NO3/c26-24-23(21-14-8-3-9-15-21)28-22(17-16-19-10-4-1-5-11-19)25(24)27-18-20-12-6-2-7-13-20/h1-17,22-23H,18H2. The van der Waals surface area contributed by atoms with Crippen LogP contribution < -0.4 is 0 Å². The molecule has 0 aliphatic carbocycles. The molecule has 1 aliphatic rings. The van der Waals surface area contributed by atoms with Gasteiger partial charge in [0, 0.05) is 0 Å². The lowest BCUT2D eigenvalue weighted by Gasteiger charge is -2.19. The van der Waals surface area contributed by atoms with E-state index >= 15 is 0 Å². The van der Waals surface area contributed by atoms with E-state index in [4.69, 9.17) is 9.57 Å². The van der Waals surface area contributed by atoms with Gasteiger partial charge in [0.05, 0.1) is 0 Å². The van der Waals surface area contributed by atoms with Crippen molar-refractivity contribution in [3.63, 3.8) is 0 Å². The van der Waals surface area contributed by atoms with E-state index in [1.165, 1.54) is 5.06 Å². The number of hydrogen-bond donors (Lipinski definition) is 0. The predicted octanol–water partition coefficient (Wildman–Crippen LogP) is 4.76. The average molecular weight is 371 g/mol. The van der Waals surface area contributed by atoms with E-state index in [9.17, 15) is 4.79 Å². The lowest BCUT2D eigenvalue weighted by Crippen LogP contribution is -2.32. The fourth-order valence-electron chi connectivity index (χ4n) is 3.08. The number of ether oxygens (including phenoxy) is 1. The average Bonchev–Trinajstić information content (AvgIpc) is 3.08. The van der Waals surface area contributed by atoms with Crippen molar-refractivity contribution in [3.05, 3.63) is 114 Å². The maximum Gasteiger partial charge on any atom is 0.282 e. The Hall–Kier alpha value is -3.21. The lowest BCUT2D eigenvalue weighted by molar-refractivity contribution is -0.204. The van der Waals surface area contributed by atoms with Crippen molar-refractivity contribution < 1.29 is 14.4 Å². The minimum Gasteiger partial charge on any atom is -0.334 e. The first-order valence-electron chi connectivity index (χ1n) is 9.25. The number of carbonyl (C=O) groups excluding carboxylic acids is 1. The van der Waals surface area contributed by atoms with Crippen LogP contribution in [0.3, 0.4) is 0 Å². The zero-order valence-electron chi connectivity index (χ0n) is 15.3. The molecule has 4 nitrogen and oxygen atoms in total. The highest BCUT2D eigenvalue weighted by molar-refractivity contribution is 5.83. The molecule has 1 aliphatic heterocycles. The third-order valence-corrected chi connectivity index (χ3v) is 4.52. The molecule has 0 aromatic heterocycles. The Bertz CT molecular complexity index is 926. The van der Waals surface area contributed by atoms with E-state index in [0.29, 0.717) is 6.61 Å². The van der Waals surface area contributed by atoms with Crippen molar-refractivity contribution in [2.24, 2.45) is 0 Å². The first kappa shape index (κ1) is 18.2. The summed E-state index contributed by atoms with van der Waals surface area (Å²) in [6.07, 6.45) is 2.51. The summed E-state index contributed by atoms with van der Waals surface area (Å²) in [5.41, 5.74) is 2.84. The molecule has 0 spiro atoms. The molecule has 0 N–H and O–H groups in total.